The zero-order valence-corrected chi connectivity index (χ0v) is 10.3. The van der Waals surface area contributed by atoms with Crippen LogP contribution in [0, 0.1) is 0 Å². The first-order valence-electron chi connectivity index (χ1n) is 5.39. The molecule has 0 radical (unpaired) electrons. The van der Waals surface area contributed by atoms with Crippen LogP contribution in [-0.4, -0.2) is 26.5 Å². The summed E-state index contributed by atoms with van der Waals surface area (Å²) < 4.78 is 4.84. The zero-order valence-electron chi connectivity index (χ0n) is 9.52. The van der Waals surface area contributed by atoms with Crippen molar-refractivity contribution < 1.29 is 14.4 Å². The molecular formula is C12H12N2O3S. The van der Waals surface area contributed by atoms with Crippen LogP contribution >= 0.6 is 11.8 Å². The van der Waals surface area contributed by atoms with Gasteiger partial charge in [0, 0.05) is 0 Å². The molecule has 2 aromatic rings. The van der Waals surface area contributed by atoms with E-state index in [1.54, 1.807) is 0 Å². The summed E-state index contributed by atoms with van der Waals surface area (Å²) in [6, 6.07) is 9.55. The quantitative estimate of drug-likeness (QED) is 0.860. The number of nitrogens with zero attached hydrogens (tertiary/aromatic N) is 2. The lowest BCUT2D eigenvalue weighted by Crippen LogP contribution is -2.19. The van der Waals surface area contributed by atoms with Gasteiger partial charge >= 0.3 is 5.97 Å². The number of thioether (sulfide) groups is 1. The fraction of sp³-hybridized carbons (Fsp3) is 0.250. The SMILES string of the molecule is O=C(O)C(Cc1ccccc1)SCc1ncno1. The Morgan fingerprint density at radius 1 is 1.39 bits per heavy atom. The van der Waals surface area contributed by atoms with Gasteiger partial charge in [0.15, 0.2) is 6.33 Å². The molecule has 18 heavy (non-hydrogen) atoms. The molecule has 5 nitrogen and oxygen atoms in total. The number of aliphatic carboxylic acids is 1. The van der Waals surface area contributed by atoms with Gasteiger partial charge in [-0.3, -0.25) is 4.79 Å². The second kappa shape index (κ2) is 6.20. The minimum absolute atomic E-state index is 0.407. The maximum Gasteiger partial charge on any atom is 0.316 e. The van der Waals surface area contributed by atoms with Gasteiger partial charge in [-0.1, -0.05) is 35.5 Å². The van der Waals surface area contributed by atoms with Crippen LogP contribution in [-0.2, 0) is 17.0 Å². The van der Waals surface area contributed by atoms with Gasteiger partial charge in [0.05, 0.1) is 5.75 Å². The third kappa shape index (κ3) is 3.59. The summed E-state index contributed by atoms with van der Waals surface area (Å²) in [5, 5.41) is 12.1. The second-order valence-corrected chi connectivity index (χ2v) is 4.85. The van der Waals surface area contributed by atoms with Gasteiger partial charge in [0.2, 0.25) is 5.89 Å². The van der Waals surface area contributed by atoms with Gasteiger partial charge < -0.3 is 9.63 Å². The third-order valence-electron chi connectivity index (χ3n) is 2.35. The second-order valence-electron chi connectivity index (χ2n) is 3.66. The molecule has 0 aliphatic rings. The molecule has 1 aromatic carbocycles. The molecule has 0 amide bonds. The Morgan fingerprint density at radius 2 is 2.17 bits per heavy atom. The average Bonchev–Trinajstić information content (AvgIpc) is 2.88. The number of benzene rings is 1. The number of aromatic nitrogens is 2. The molecular weight excluding hydrogens is 252 g/mol. The lowest BCUT2D eigenvalue weighted by atomic mass is 10.1. The monoisotopic (exact) mass is 264 g/mol. The minimum atomic E-state index is -0.830. The van der Waals surface area contributed by atoms with Gasteiger partial charge in [-0.25, -0.2) is 0 Å². The molecule has 0 aliphatic carbocycles. The maximum absolute atomic E-state index is 11.2. The summed E-state index contributed by atoms with van der Waals surface area (Å²) in [5.74, 6) is 0.0201. The maximum atomic E-state index is 11.2. The van der Waals surface area contributed by atoms with Crippen molar-refractivity contribution in [1.29, 1.82) is 0 Å². The summed E-state index contributed by atoms with van der Waals surface area (Å²) in [4.78, 5) is 15.0. The lowest BCUT2D eigenvalue weighted by Gasteiger charge is -2.10. The van der Waals surface area contributed by atoms with E-state index in [1.807, 2.05) is 30.3 Å². The fourth-order valence-corrected chi connectivity index (χ4v) is 2.40. The summed E-state index contributed by atoms with van der Waals surface area (Å²) in [6.07, 6.45) is 1.79. The Bertz CT molecular complexity index is 487. The van der Waals surface area contributed by atoms with Crippen molar-refractivity contribution in [3.05, 3.63) is 48.1 Å². The van der Waals surface area contributed by atoms with Crippen LogP contribution in [0.5, 0.6) is 0 Å². The van der Waals surface area contributed by atoms with Crippen molar-refractivity contribution in [1.82, 2.24) is 10.1 Å². The van der Waals surface area contributed by atoms with E-state index in [0.717, 1.165) is 5.56 Å². The van der Waals surface area contributed by atoms with Crippen molar-refractivity contribution in [3.63, 3.8) is 0 Å². The molecule has 0 saturated heterocycles. The van der Waals surface area contributed by atoms with Crippen LogP contribution in [0.25, 0.3) is 0 Å². The van der Waals surface area contributed by atoms with Crippen molar-refractivity contribution in [3.8, 4) is 0 Å². The average molecular weight is 264 g/mol. The third-order valence-corrected chi connectivity index (χ3v) is 3.54. The van der Waals surface area contributed by atoms with Gasteiger partial charge in [0.1, 0.15) is 5.25 Å². The Balaban J connectivity index is 1.94. The molecule has 94 valence electrons. The Labute approximate surface area is 108 Å². The molecule has 0 fully saturated rings. The smallest absolute Gasteiger partial charge is 0.316 e. The number of carboxylic acid groups (broad SMARTS) is 1. The van der Waals surface area contributed by atoms with Crippen LogP contribution < -0.4 is 0 Å². The number of carboxylic acids is 1. The predicted molar refractivity (Wildman–Crippen MR) is 67.2 cm³/mol. The van der Waals surface area contributed by atoms with E-state index < -0.39 is 11.2 Å². The van der Waals surface area contributed by atoms with E-state index in [1.165, 1.54) is 18.1 Å². The van der Waals surface area contributed by atoms with Crippen molar-refractivity contribution in [2.45, 2.75) is 17.4 Å². The Kier molecular flexibility index (Phi) is 4.35. The van der Waals surface area contributed by atoms with Crippen molar-refractivity contribution in [2.24, 2.45) is 0 Å². The molecule has 0 spiro atoms. The Hall–Kier alpha value is -1.82. The zero-order chi connectivity index (χ0) is 12.8. The highest BCUT2D eigenvalue weighted by molar-refractivity contribution is 7.99. The van der Waals surface area contributed by atoms with E-state index >= 15 is 0 Å². The fourth-order valence-electron chi connectivity index (χ4n) is 1.48. The molecule has 0 bridgehead atoms. The van der Waals surface area contributed by atoms with Crippen molar-refractivity contribution in [2.75, 3.05) is 0 Å². The van der Waals surface area contributed by atoms with Crippen LogP contribution in [0.15, 0.2) is 41.2 Å². The number of hydrogen-bond donors (Lipinski definition) is 1. The first-order valence-corrected chi connectivity index (χ1v) is 6.44. The van der Waals surface area contributed by atoms with Crippen LogP contribution in [0.4, 0.5) is 0 Å². The highest BCUT2D eigenvalue weighted by Gasteiger charge is 2.19. The standard InChI is InChI=1S/C12H12N2O3S/c15-12(16)10(6-9-4-2-1-3-5-9)18-7-11-13-8-14-17-11/h1-5,8,10H,6-7H2,(H,15,16). The largest absolute Gasteiger partial charge is 0.480 e. The molecule has 1 atom stereocenters. The van der Waals surface area contributed by atoms with E-state index in [-0.39, 0.29) is 0 Å². The molecule has 2 rings (SSSR count). The molecule has 6 heteroatoms. The van der Waals surface area contributed by atoms with E-state index in [4.69, 9.17) is 4.52 Å². The van der Waals surface area contributed by atoms with Gasteiger partial charge in [-0.15, -0.1) is 11.8 Å². The summed E-state index contributed by atoms with van der Waals surface area (Å²) in [5.41, 5.74) is 1.00. The predicted octanol–water partition coefficient (Wildman–Crippen LogP) is 2.00. The summed E-state index contributed by atoms with van der Waals surface area (Å²) in [6.45, 7) is 0. The normalized spacial score (nSPS) is 12.2. The molecule has 1 unspecified atom stereocenters. The summed E-state index contributed by atoms with van der Waals surface area (Å²) in [7, 11) is 0. The lowest BCUT2D eigenvalue weighted by molar-refractivity contribution is -0.136. The van der Waals surface area contributed by atoms with Crippen molar-refractivity contribution >= 4 is 17.7 Å². The first kappa shape index (κ1) is 12.6. The molecule has 0 aliphatic heterocycles. The summed E-state index contributed by atoms with van der Waals surface area (Å²) >= 11 is 1.29. The number of hydrogen-bond acceptors (Lipinski definition) is 5. The van der Waals surface area contributed by atoms with Crippen LogP contribution in [0.2, 0.25) is 0 Å². The Morgan fingerprint density at radius 3 is 2.78 bits per heavy atom. The molecule has 1 N–H and O–H groups in total. The highest BCUT2D eigenvalue weighted by Crippen LogP contribution is 2.20. The number of carbonyl (C=O) groups is 1. The van der Waals surface area contributed by atoms with E-state index in [0.29, 0.717) is 18.1 Å². The van der Waals surface area contributed by atoms with E-state index in [2.05, 4.69) is 10.1 Å². The van der Waals surface area contributed by atoms with Crippen LogP contribution in [0.3, 0.4) is 0 Å². The molecule has 1 heterocycles. The van der Waals surface area contributed by atoms with Gasteiger partial charge in [0.25, 0.3) is 0 Å². The van der Waals surface area contributed by atoms with E-state index in [9.17, 15) is 9.90 Å². The van der Waals surface area contributed by atoms with Gasteiger partial charge in [-0.05, 0) is 12.0 Å². The number of rotatable bonds is 6. The van der Waals surface area contributed by atoms with Gasteiger partial charge in [-0.2, -0.15) is 4.98 Å². The topological polar surface area (TPSA) is 76.2 Å². The minimum Gasteiger partial charge on any atom is -0.480 e. The molecule has 1 aromatic heterocycles. The first-order chi connectivity index (χ1) is 8.75. The molecule has 0 saturated carbocycles. The highest BCUT2D eigenvalue weighted by atomic mass is 32.2. The van der Waals surface area contributed by atoms with Crippen LogP contribution in [0.1, 0.15) is 11.5 Å².